The number of benzene rings is 1. The molecular formula is C14H20O. The molecule has 0 amide bonds. The minimum absolute atomic E-state index is 0.246. The molecule has 0 spiro atoms. The molecule has 0 heterocycles. The van der Waals surface area contributed by atoms with Gasteiger partial charge in [0.15, 0.2) is 0 Å². The van der Waals surface area contributed by atoms with Crippen LogP contribution in [0.3, 0.4) is 0 Å². The maximum Gasteiger partial charge on any atom is 0.0580 e. The largest absolute Gasteiger partial charge is 0.393 e. The molecule has 1 aromatic carbocycles. The molecule has 82 valence electrons. The average molecular weight is 204 g/mol. The summed E-state index contributed by atoms with van der Waals surface area (Å²) < 4.78 is 0. The lowest BCUT2D eigenvalue weighted by atomic mass is 10.0. The molecule has 1 heteroatoms. The van der Waals surface area contributed by atoms with E-state index >= 15 is 0 Å². The molecule has 1 rings (SSSR count). The highest BCUT2D eigenvalue weighted by Crippen LogP contribution is 2.11. The van der Waals surface area contributed by atoms with E-state index in [0.717, 1.165) is 18.4 Å². The smallest absolute Gasteiger partial charge is 0.0580 e. The van der Waals surface area contributed by atoms with Crippen LogP contribution in [0.25, 0.3) is 0 Å². The quantitative estimate of drug-likeness (QED) is 0.730. The van der Waals surface area contributed by atoms with Crippen LogP contribution in [0.1, 0.15) is 30.9 Å². The van der Waals surface area contributed by atoms with E-state index in [1.54, 1.807) is 0 Å². The Morgan fingerprint density at radius 3 is 2.47 bits per heavy atom. The van der Waals surface area contributed by atoms with Crippen LogP contribution >= 0.6 is 0 Å². The molecule has 1 nitrogen and oxygen atoms in total. The predicted molar refractivity (Wildman–Crippen MR) is 64.9 cm³/mol. The lowest BCUT2D eigenvalue weighted by Gasteiger charge is -2.10. The molecule has 0 saturated carbocycles. The summed E-state index contributed by atoms with van der Waals surface area (Å²) in [5.74, 6) is 0. The Hall–Kier alpha value is -1.08. The van der Waals surface area contributed by atoms with Gasteiger partial charge in [-0.05, 0) is 38.7 Å². The topological polar surface area (TPSA) is 20.2 Å². The number of aliphatic hydroxyl groups is 1. The lowest BCUT2D eigenvalue weighted by Crippen LogP contribution is -2.08. The summed E-state index contributed by atoms with van der Waals surface area (Å²) in [5.41, 5.74) is 3.62. The Labute approximate surface area is 92.5 Å². The van der Waals surface area contributed by atoms with Gasteiger partial charge in [0.05, 0.1) is 6.10 Å². The second-order valence-corrected chi connectivity index (χ2v) is 4.34. The fourth-order valence-corrected chi connectivity index (χ4v) is 1.59. The summed E-state index contributed by atoms with van der Waals surface area (Å²) >= 11 is 0. The Kier molecular flexibility index (Phi) is 4.57. The highest BCUT2D eigenvalue weighted by Gasteiger charge is 2.04. The minimum atomic E-state index is -0.246. The van der Waals surface area contributed by atoms with Crippen molar-refractivity contribution in [2.75, 3.05) is 0 Å². The first kappa shape index (κ1) is 12.0. The van der Waals surface area contributed by atoms with Crippen LogP contribution in [-0.2, 0) is 6.42 Å². The van der Waals surface area contributed by atoms with Gasteiger partial charge >= 0.3 is 0 Å². The molecule has 0 bridgehead atoms. The molecule has 1 atom stereocenters. The highest BCUT2D eigenvalue weighted by atomic mass is 16.3. The second kappa shape index (κ2) is 5.72. The van der Waals surface area contributed by atoms with E-state index in [4.69, 9.17) is 0 Å². The van der Waals surface area contributed by atoms with Gasteiger partial charge in [-0.25, -0.2) is 0 Å². The van der Waals surface area contributed by atoms with Crippen LogP contribution in [0.5, 0.6) is 0 Å². The van der Waals surface area contributed by atoms with Crippen molar-refractivity contribution in [1.82, 2.24) is 0 Å². The molecule has 1 N–H and O–H groups in total. The van der Waals surface area contributed by atoms with Gasteiger partial charge in [0.1, 0.15) is 0 Å². The van der Waals surface area contributed by atoms with Crippen molar-refractivity contribution >= 4 is 0 Å². The van der Waals surface area contributed by atoms with Gasteiger partial charge in [0.2, 0.25) is 0 Å². The van der Waals surface area contributed by atoms with E-state index in [9.17, 15) is 5.11 Å². The fraction of sp³-hybridized carbons (Fsp3) is 0.429. The summed E-state index contributed by atoms with van der Waals surface area (Å²) in [5, 5.41) is 9.67. The molecule has 0 aliphatic carbocycles. The summed E-state index contributed by atoms with van der Waals surface area (Å²) in [4.78, 5) is 0. The van der Waals surface area contributed by atoms with Crippen LogP contribution < -0.4 is 0 Å². The third-order valence-corrected chi connectivity index (χ3v) is 2.47. The van der Waals surface area contributed by atoms with Crippen molar-refractivity contribution in [1.29, 1.82) is 0 Å². The van der Waals surface area contributed by atoms with Gasteiger partial charge < -0.3 is 5.11 Å². The molecule has 0 fully saturated rings. The zero-order valence-electron chi connectivity index (χ0n) is 9.66. The molecule has 0 aromatic heterocycles. The van der Waals surface area contributed by atoms with E-state index in [2.05, 4.69) is 37.8 Å². The second-order valence-electron chi connectivity index (χ2n) is 4.34. The number of rotatable bonds is 5. The molecule has 0 saturated heterocycles. The molecular weight excluding hydrogens is 184 g/mol. The zero-order valence-corrected chi connectivity index (χ0v) is 9.66. The van der Waals surface area contributed by atoms with Crippen molar-refractivity contribution in [3.8, 4) is 0 Å². The number of hydrogen-bond acceptors (Lipinski definition) is 1. The minimum Gasteiger partial charge on any atom is -0.393 e. The third kappa shape index (κ3) is 4.80. The SMILES string of the molecule is C=C(C)CC(O)CCc1ccc(C)cc1. The monoisotopic (exact) mass is 204 g/mol. The van der Waals surface area contributed by atoms with E-state index in [-0.39, 0.29) is 6.10 Å². The first-order chi connectivity index (χ1) is 7.08. The van der Waals surface area contributed by atoms with Gasteiger partial charge in [-0.15, -0.1) is 6.58 Å². The van der Waals surface area contributed by atoms with Crippen LogP contribution in [0.4, 0.5) is 0 Å². The van der Waals surface area contributed by atoms with Crippen molar-refractivity contribution in [2.24, 2.45) is 0 Å². The van der Waals surface area contributed by atoms with Crippen molar-refractivity contribution < 1.29 is 5.11 Å². The average Bonchev–Trinajstić information content (AvgIpc) is 2.16. The zero-order chi connectivity index (χ0) is 11.3. The van der Waals surface area contributed by atoms with Gasteiger partial charge in [0, 0.05) is 0 Å². The Balaban J connectivity index is 2.36. The number of aryl methyl sites for hydroxylation is 2. The normalized spacial score (nSPS) is 12.5. The molecule has 0 aliphatic rings. The molecule has 15 heavy (non-hydrogen) atoms. The van der Waals surface area contributed by atoms with E-state index in [1.165, 1.54) is 11.1 Å². The third-order valence-electron chi connectivity index (χ3n) is 2.47. The Morgan fingerprint density at radius 2 is 1.93 bits per heavy atom. The highest BCUT2D eigenvalue weighted by molar-refractivity contribution is 5.21. The van der Waals surface area contributed by atoms with Crippen LogP contribution in [-0.4, -0.2) is 11.2 Å². The van der Waals surface area contributed by atoms with Gasteiger partial charge in [-0.2, -0.15) is 0 Å². The van der Waals surface area contributed by atoms with Gasteiger partial charge in [-0.1, -0.05) is 35.4 Å². The van der Waals surface area contributed by atoms with Crippen molar-refractivity contribution in [3.05, 3.63) is 47.5 Å². The predicted octanol–water partition coefficient (Wildman–Crippen LogP) is 3.25. The van der Waals surface area contributed by atoms with E-state index in [1.807, 2.05) is 6.92 Å². The molecule has 0 radical (unpaired) electrons. The van der Waals surface area contributed by atoms with Gasteiger partial charge in [-0.3, -0.25) is 0 Å². The van der Waals surface area contributed by atoms with Crippen LogP contribution in [0.2, 0.25) is 0 Å². The summed E-state index contributed by atoms with van der Waals surface area (Å²) in [6.07, 6.45) is 2.22. The summed E-state index contributed by atoms with van der Waals surface area (Å²) in [6, 6.07) is 8.48. The molecule has 1 aromatic rings. The maximum absolute atomic E-state index is 9.67. The molecule has 0 aliphatic heterocycles. The number of aliphatic hydroxyl groups excluding tert-OH is 1. The first-order valence-electron chi connectivity index (χ1n) is 5.46. The Bertz CT molecular complexity index is 311. The van der Waals surface area contributed by atoms with E-state index < -0.39 is 0 Å². The Morgan fingerprint density at radius 1 is 1.33 bits per heavy atom. The summed E-state index contributed by atoms with van der Waals surface area (Å²) in [6.45, 7) is 7.84. The van der Waals surface area contributed by atoms with E-state index in [0.29, 0.717) is 6.42 Å². The lowest BCUT2D eigenvalue weighted by molar-refractivity contribution is 0.165. The van der Waals surface area contributed by atoms with Gasteiger partial charge in [0.25, 0.3) is 0 Å². The summed E-state index contributed by atoms with van der Waals surface area (Å²) in [7, 11) is 0. The fourth-order valence-electron chi connectivity index (χ4n) is 1.59. The van der Waals surface area contributed by atoms with Crippen molar-refractivity contribution in [2.45, 2.75) is 39.2 Å². The number of hydrogen-bond donors (Lipinski definition) is 1. The maximum atomic E-state index is 9.67. The molecule has 1 unspecified atom stereocenters. The van der Waals surface area contributed by atoms with Crippen LogP contribution in [0, 0.1) is 6.92 Å². The van der Waals surface area contributed by atoms with Crippen molar-refractivity contribution in [3.63, 3.8) is 0 Å². The van der Waals surface area contributed by atoms with Crippen LogP contribution in [0.15, 0.2) is 36.4 Å². The standard InChI is InChI=1S/C14H20O/c1-11(2)10-14(15)9-8-13-6-4-12(3)5-7-13/h4-7,14-15H,1,8-10H2,2-3H3. The first-order valence-corrected chi connectivity index (χ1v) is 5.46.